The predicted molar refractivity (Wildman–Crippen MR) is 98.1 cm³/mol. The van der Waals surface area contributed by atoms with Gasteiger partial charge in [-0.1, -0.05) is 35.4 Å². The summed E-state index contributed by atoms with van der Waals surface area (Å²) in [5.74, 6) is -1.08. The van der Waals surface area contributed by atoms with Crippen LogP contribution < -0.4 is 4.74 Å². The van der Waals surface area contributed by atoms with Crippen molar-refractivity contribution in [2.24, 2.45) is 0 Å². The molecule has 0 bridgehead atoms. The molecular weight excluding hydrogens is 333 g/mol. The molecule has 5 heteroatoms. The largest absolute Gasteiger partial charge is 0.494 e. The van der Waals surface area contributed by atoms with Gasteiger partial charge in [-0.05, 0) is 49.9 Å². The Labute approximate surface area is 153 Å². The van der Waals surface area contributed by atoms with Gasteiger partial charge >= 0.3 is 5.97 Å². The number of benzene rings is 2. The lowest BCUT2D eigenvalue weighted by Gasteiger charge is -2.32. The van der Waals surface area contributed by atoms with Crippen LogP contribution in [0.4, 0.5) is 4.39 Å². The molecule has 1 aliphatic rings. The van der Waals surface area contributed by atoms with Crippen LogP contribution in [0.2, 0.25) is 0 Å². The second-order valence-corrected chi connectivity index (χ2v) is 6.95. The fourth-order valence-corrected chi connectivity index (χ4v) is 3.96. The number of carbonyl (C=O) groups is 1. The van der Waals surface area contributed by atoms with Crippen molar-refractivity contribution in [3.8, 4) is 5.75 Å². The number of carboxylic acid groups (broad SMARTS) is 1. The molecule has 2 unspecified atom stereocenters. The lowest BCUT2D eigenvalue weighted by Crippen LogP contribution is -2.39. The summed E-state index contributed by atoms with van der Waals surface area (Å²) >= 11 is 0. The lowest BCUT2D eigenvalue weighted by molar-refractivity contribution is -0.142. The average molecular weight is 357 g/mol. The standard InChI is InChI=1S/C21H24FNO3/c1-13-9-14(2)11-16(10-13)20(23-8-4-5-18(23)21(24)25)15-6-7-19(26-3)17(22)12-15/h6-7,9-12,18,20H,4-5,8H2,1-3H3,(H,24,25). The molecule has 0 aliphatic carbocycles. The van der Waals surface area contributed by atoms with Crippen molar-refractivity contribution in [1.29, 1.82) is 0 Å². The third-order valence-electron chi connectivity index (χ3n) is 4.96. The second kappa shape index (κ2) is 7.46. The van der Waals surface area contributed by atoms with E-state index in [4.69, 9.17) is 4.74 Å². The lowest BCUT2D eigenvalue weighted by atomic mass is 9.93. The normalized spacial score (nSPS) is 18.7. The van der Waals surface area contributed by atoms with Crippen LogP contribution >= 0.6 is 0 Å². The molecule has 4 nitrogen and oxygen atoms in total. The minimum absolute atomic E-state index is 0.184. The number of ether oxygens (including phenoxy) is 1. The Balaban J connectivity index is 2.12. The Hall–Kier alpha value is -2.40. The van der Waals surface area contributed by atoms with Crippen molar-refractivity contribution in [2.45, 2.75) is 38.8 Å². The van der Waals surface area contributed by atoms with Gasteiger partial charge < -0.3 is 9.84 Å². The van der Waals surface area contributed by atoms with Crippen molar-refractivity contribution >= 4 is 5.97 Å². The molecule has 1 saturated heterocycles. The molecule has 2 aromatic carbocycles. The van der Waals surface area contributed by atoms with Gasteiger partial charge in [0, 0.05) is 6.54 Å². The highest BCUT2D eigenvalue weighted by atomic mass is 19.1. The topological polar surface area (TPSA) is 49.8 Å². The van der Waals surface area contributed by atoms with E-state index in [9.17, 15) is 14.3 Å². The molecule has 3 rings (SSSR count). The first-order valence-corrected chi connectivity index (χ1v) is 8.81. The molecule has 0 aromatic heterocycles. The maximum absolute atomic E-state index is 14.4. The summed E-state index contributed by atoms with van der Waals surface area (Å²) in [5.41, 5.74) is 3.93. The van der Waals surface area contributed by atoms with Gasteiger partial charge in [0.05, 0.1) is 13.2 Å². The van der Waals surface area contributed by atoms with Gasteiger partial charge in [-0.2, -0.15) is 0 Å². The summed E-state index contributed by atoms with van der Waals surface area (Å²) in [5, 5.41) is 9.64. The van der Waals surface area contributed by atoms with Crippen molar-refractivity contribution in [1.82, 2.24) is 4.90 Å². The number of likely N-dealkylation sites (tertiary alicyclic amines) is 1. The van der Waals surface area contributed by atoms with Crippen LogP contribution in [-0.4, -0.2) is 35.7 Å². The van der Waals surface area contributed by atoms with E-state index in [0.717, 1.165) is 28.7 Å². The van der Waals surface area contributed by atoms with E-state index in [-0.39, 0.29) is 11.8 Å². The van der Waals surface area contributed by atoms with Gasteiger partial charge in [0.2, 0.25) is 0 Å². The van der Waals surface area contributed by atoms with Crippen molar-refractivity contribution in [3.05, 3.63) is 64.5 Å². The number of halogens is 1. The van der Waals surface area contributed by atoms with E-state index in [2.05, 4.69) is 18.2 Å². The number of hydrogen-bond acceptors (Lipinski definition) is 3. The van der Waals surface area contributed by atoms with E-state index in [0.29, 0.717) is 13.0 Å². The molecule has 0 radical (unpaired) electrons. The summed E-state index contributed by atoms with van der Waals surface area (Å²) in [6.07, 6.45) is 1.42. The number of carboxylic acids is 1. The number of aliphatic carboxylic acids is 1. The number of nitrogens with zero attached hydrogens (tertiary/aromatic N) is 1. The molecule has 2 aromatic rings. The van der Waals surface area contributed by atoms with Crippen LogP contribution in [0.5, 0.6) is 5.75 Å². The average Bonchev–Trinajstić information content (AvgIpc) is 3.04. The van der Waals surface area contributed by atoms with E-state index in [1.54, 1.807) is 6.07 Å². The third-order valence-corrected chi connectivity index (χ3v) is 4.96. The summed E-state index contributed by atoms with van der Waals surface area (Å²) in [4.78, 5) is 13.7. The summed E-state index contributed by atoms with van der Waals surface area (Å²) in [7, 11) is 1.43. The first-order valence-electron chi connectivity index (χ1n) is 8.81. The highest BCUT2D eigenvalue weighted by molar-refractivity contribution is 5.74. The Morgan fingerprint density at radius 3 is 2.46 bits per heavy atom. The zero-order chi connectivity index (χ0) is 18.8. The molecule has 26 heavy (non-hydrogen) atoms. The Morgan fingerprint density at radius 2 is 1.88 bits per heavy atom. The summed E-state index contributed by atoms with van der Waals surface area (Å²) < 4.78 is 19.4. The Kier molecular flexibility index (Phi) is 5.28. The molecule has 1 fully saturated rings. The fourth-order valence-electron chi connectivity index (χ4n) is 3.96. The maximum atomic E-state index is 14.4. The van der Waals surface area contributed by atoms with Gasteiger partial charge in [-0.15, -0.1) is 0 Å². The van der Waals surface area contributed by atoms with Crippen molar-refractivity contribution in [3.63, 3.8) is 0 Å². The molecule has 0 saturated carbocycles. The number of rotatable bonds is 5. The highest BCUT2D eigenvalue weighted by Crippen LogP contribution is 2.37. The molecule has 0 spiro atoms. The zero-order valence-electron chi connectivity index (χ0n) is 15.3. The molecule has 1 aliphatic heterocycles. The van der Waals surface area contributed by atoms with Crippen molar-refractivity contribution < 1.29 is 19.0 Å². The number of hydrogen-bond donors (Lipinski definition) is 1. The quantitative estimate of drug-likeness (QED) is 0.876. The summed E-state index contributed by atoms with van der Waals surface area (Å²) in [6, 6.07) is 10.2. The van der Waals surface area contributed by atoms with Gasteiger partial charge in [-0.25, -0.2) is 4.39 Å². The minimum Gasteiger partial charge on any atom is -0.494 e. The zero-order valence-corrected chi connectivity index (χ0v) is 15.3. The fraction of sp³-hybridized carbons (Fsp3) is 0.381. The van der Waals surface area contributed by atoms with Crippen LogP contribution in [-0.2, 0) is 4.79 Å². The number of aryl methyl sites for hydroxylation is 2. The van der Waals surface area contributed by atoms with Crippen LogP contribution in [0.3, 0.4) is 0 Å². The molecular formula is C21H24FNO3. The molecule has 138 valence electrons. The Morgan fingerprint density at radius 1 is 1.19 bits per heavy atom. The van der Waals surface area contributed by atoms with Crippen LogP contribution in [0, 0.1) is 19.7 Å². The van der Waals surface area contributed by atoms with Crippen LogP contribution in [0.1, 0.15) is 41.1 Å². The molecule has 1 N–H and O–H groups in total. The smallest absolute Gasteiger partial charge is 0.320 e. The molecule has 2 atom stereocenters. The number of methoxy groups -OCH3 is 1. The maximum Gasteiger partial charge on any atom is 0.320 e. The first kappa shape index (κ1) is 18.4. The highest BCUT2D eigenvalue weighted by Gasteiger charge is 2.37. The van der Waals surface area contributed by atoms with E-state index in [1.165, 1.54) is 13.2 Å². The first-order chi connectivity index (χ1) is 12.4. The summed E-state index contributed by atoms with van der Waals surface area (Å²) in [6.45, 7) is 4.70. The third kappa shape index (κ3) is 3.58. The van der Waals surface area contributed by atoms with Crippen LogP contribution in [0.25, 0.3) is 0 Å². The van der Waals surface area contributed by atoms with Gasteiger partial charge in [-0.3, -0.25) is 9.69 Å². The monoisotopic (exact) mass is 357 g/mol. The van der Waals surface area contributed by atoms with Gasteiger partial charge in [0.15, 0.2) is 11.6 Å². The minimum atomic E-state index is -0.828. The molecule has 1 heterocycles. The van der Waals surface area contributed by atoms with Crippen LogP contribution in [0.15, 0.2) is 36.4 Å². The van der Waals surface area contributed by atoms with E-state index in [1.807, 2.05) is 24.8 Å². The SMILES string of the molecule is COc1ccc(C(c2cc(C)cc(C)c2)N2CCCC2C(=O)O)cc1F. The Bertz CT molecular complexity index is 801. The second-order valence-electron chi connectivity index (χ2n) is 6.95. The van der Waals surface area contributed by atoms with Gasteiger partial charge in [0.25, 0.3) is 0 Å². The molecule has 0 amide bonds. The van der Waals surface area contributed by atoms with E-state index >= 15 is 0 Å². The van der Waals surface area contributed by atoms with Crippen molar-refractivity contribution in [2.75, 3.05) is 13.7 Å². The predicted octanol–water partition coefficient (Wildman–Crippen LogP) is 4.09. The van der Waals surface area contributed by atoms with E-state index < -0.39 is 17.8 Å². The van der Waals surface area contributed by atoms with Gasteiger partial charge in [0.1, 0.15) is 6.04 Å².